The predicted octanol–water partition coefficient (Wildman–Crippen LogP) is 2.88. The maximum absolute atomic E-state index is 5.57. The quantitative estimate of drug-likeness (QED) is 0.497. The molecular weight excluding hydrogens is 404 g/mol. The molecule has 5 heterocycles. The van der Waals surface area contributed by atoms with E-state index in [0.717, 1.165) is 73.8 Å². The highest BCUT2D eigenvalue weighted by molar-refractivity contribution is 5.74. The van der Waals surface area contributed by atoms with Crippen molar-refractivity contribution < 1.29 is 4.74 Å². The molecule has 0 unspecified atom stereocenters. The van der Waals surface area contributed by atoms with E-state index in [-0.39, 0.29) is 0 Å². The lowest BCUT2D eigenvalue weighted by Gasteiger charge is -2.23. The molecule has 0 saturated carbocycles. The van der Waals surface area contributed by atoms with Crippen LogP contribution in [0.25, 0.3) is 5.65 Å². The molecule has 9 nitrogen and oxygen atoms in total. The number of likely N-dealkylation sites (tertiary alicyclic amines) is 1. The van der Waals surface area contributed by atoms with Crippen molar-refractivity contribution >= 4 is 23.0 Å². The average Bonchev–Trinajstić information content (AvgIpc) is 3.49. The highest BCUT2D eigenvalue weighted by Gasteiger charge is 2.17. The van der Waals surface area contributed by atoms with E-state index < -0.39 is 0 Å². The molecule has 0 bridgehead atoms. The Labute approximate surface area is 188 Å². The molecule has 3 N–H and O–H groups in total. The second-order valence-corrected chi connectivity index (χ2v) is 8.69. The molecule has 5 rings (SSSR count). The number of fused-ring (bicyclic) bond motifs is 1. The number of piperidine rings is 1. The van der Waals surface area contributed by atoms with E-state index in [1.165, 1.54) is 25.7 Å². The molecule has 170 valence electrons. The van der Waals surface area contributed by atoms with Crippen molar-refractivity contribution in [3.05, 3.63) is 36.4 Å². The van der Waals surface area contributed by atoms with E-state index >= 15 is 0 Å². The molecule has 0 radical (unpaired) electrons. The number of aromatic nitrogens is 4. The number of imidazole rings is 1. The summed E-state index contributed by atoms with van der Waals surface area (Å²) in [4.78, 5) is 16.2. The lowest BCUT2D eigenvalue weighted by atomic mass is 9.98. The van der Waals surface area contributed by atoms with Crippen molar-refractivity contribution in [2.75, 3.05) is 50.5 Å². The lowest BCUT2D eigenvalue weighted by molar-refractivity contribution is 0.327. The molecule has 2 fully saturated rings. The van der Waals surface area contributed by atoms with E-state index in [1.54, 1.807) is 13.4 Å². The van der Waals surface area contributed by atoms with Crippen molar-refractivity contribution in [2.24, 2.45) is 5.92 Å². The van der Waals surface area contributed by atoms with Gasteiger partial charge in [-0.05, 0) is 63.8 Å². The van der Waals surface area contributed by atoms with Crippen LogP contribution >= 0.6 is 0 Å². The van der Waals surface area contributed by atoms with Gasteiger partial charge < -0.3 is 20.7 Å². The highest BCUT2D eigenvalue weighted by atomic mass is 16.5. The summed E-state index contributed by atoms with van der Waals surface area (Å²) in [6, 6.07) is 5.90. The van der Waals surface area contributed by atoms with Gasteiger partial charge in [0.2, 0.25) is 0 Å². The van der Waals surface area contributed by atoms with Crippen LogP contribution in [0.4, 0.5) is 17.3 Å². The molecule has 9 heteroatoms. The number of ether oxygens (including phenoxy) is 1. The van der Waals surface area contributed by atoms with Crippen LogP contribution in [0.15, 0.2) is 30.7 Å². The second-order valence-electron chi connectivity index (χ2n) is 8.69. The Morgan fingerprint density at radius 2 is 1.94 bits per heavy atom. The van der Waals surface area contributed by atoms with Crippen LogP contribution in [0.5, 0.6) is 5.88 Å². The van der Waals surface area contributed by atoms with Gasteiger partial charge in [0, 0.05) is 31.4 Å². The van der Waals surface area contributed by atoms with E-state index in [9.17, 15) is 0 Å². The Balaban J connectivity index is 1.33. The van der Waals surface area contributed by atoms with Crippen LogP contribution in [-0.4, -0.2) is 64.1 Å². The van der Waals surface area contributed by atoms with Gasteiger partial charge in [-0.2, -0.15) is 0 Å². The summed E-state index contributed by atoms with van der Waals surface area (Å²) in [5, 5.41) is 10.3. The SMILES string of the molecule is COc1ccc(Nc2cc(NCC3CCNCC3)ncn2)c2nc(CN3CCCC3)cn12. The standard InChI is InChI=1S/C23H32N8O/c1-32-22-5-4-19(23-28-18(15-31(22)23)14-30-10-2-3-11-30)29-21-12-20(26-16-27-21)25-13-17-6-8-24-9-7-17/h4-5,12,15-17,24H,2-3,6-11,13-14H2,1H3,(H2,25,26,27,29). The van der Waals surface area contributed by atoms with Crippen LogP contribution in [0, 0.1) is 5.92 Å². The predicted molar refractivity (Wildman–Crippen MR) is 126 cm³/mol. The van der Waals surface area contributed by atoms with Gasteiger partial charge in [0.05, 0.1) is 18.5 Å². The van der Waals surface area contributed by atoms with Crippen LogP contribution < -0.4 is 20.7 Å². The minimum atomic E-state index is 0.683. The fraction of sp³-hybridized carbons (Fsp3) is 0.522. The van der Waals surface area contributed by atoms with Crippen molar-refractivity contribution in [1.82, 2.24) is 29.6 Å². The summed E-state index contributed by atoms with van der Waals surface area (Å²) < 4.78 is 7.57. The number of anilines is 3. The van der Waals surface area contributed by atoms with Crippen molar-refractivity contribution in [3.63, 3.8) is 0 Å². The van der Waals surface area contributed by atoms with E-state index in [0.29, 0.717) is 5.92 Å². The van der Waals surface area contributed by atoms with E-state index in [1.807, 2.05) is 22.6 Å². The van der Waals surface area contributed by atoms with Crippen LogP contribution in [-0.2, 0) is 6.54 Å². The first-order valence-corrected chi connectivity index (χ1v) is 11.6. The van der Waals surface area contributed by atoms with Crippen LogP contribution in [0.3, 0.4) is 0 Å². The summed E-state index contributed by atoms with van der Waals surface area (Å²) in [7, 11) is 1.69. The first-order chi connectivity index (χ1) is 15.8. The third-order valence-electron chi connectivity index (χ3n) is 6.38. The molecule has 2 aliphatic rings. The zero-order valence-electron chi connectivity index (χ0n) is 18.7. The van der Waals surface area contributed by atoms with E-state index in [2.05, 4.69) is 37.0 Å². The van der Waals surface area contributed by atoms with Gasteiger partial charge in [-0.25, -0.2) is 15.0 Å². The average molecular weight is 437 g/mol. The van der Waals surface area contributed by atoms with Crippen molar-refractivity contribution in [1.29, 1.82) is 0 Å². The molecule has 2 aliphatic heterocycles. The summed E-state index contributed by atoms with van der Waals surface area (Å²) in [5.74, 6) is 3.02. The van der Waals surface area contributed by atoms with Gasteiger partial charge in [-0.15, -0.1) is 0 Å². The number of methoxy groups -OCH3 is 1. The Morgan fingerprint density at radius 3 is 2.75 bits per heavy atom. The fourth-order valence-electron chi connectivity index (χ4n) is 4.60. The molecule has 3 aromatic heterocycles. The maximum atomic E-state index is 5.57. The Bertz CT molecular complexity index is 1040. The molecule has 32 heavy (non-hydrogen) atoms. The van der Waals surface area contributed by atoms with E-state index in [4.69, 9.17) is 9.72 Å². The first kappa shape index (κ1) is 21.0. The number of pyridine rings is 1. The number of hydrogen-bond donors (Lipinski definition) is 3. The largest absolute Gasteiger partial charge is 0.482 e. The maximum Gasteiger partial charge on any atom is 0.199 e. The number of hydrogen-bond acceptors (Lipinski definition) is 8. The Morgan fingerprint density at radius 1 is 1.12 bits per heavy atom. The Hall–Kier alpha value is -2.91. The summed E-state index contributed by atoms with van der Waals surface area (Å²) in [5.41, 5.74) is 2.77. The van der Waals surface area contributed by atoms with Gasteiger partial charge in [0.15, 0.2) is 11.5 Å². The molecule has 0 atom stereocenters. The fourth-order valence-corrected chi connectivity index (χ4v) is 4.60. The molecule has 3 aromatic rings. The number of nitrogens with one attached hydrogen (secondary N) is 3. The van der Waals surface area contributed by atoms with Crippen LogP contribution in [0.1, 0.15) is 31.4 Å². The lowest BCUT2D eigenvalue weighted by Crippen LogP contribution is -2.31. The van der Waals surface area contributed by atoms with Crippen LogP contribution in [0.2, 0.25) is 0 Å². The molecule has 0 aliphatic carbocycles. The number of rotatable bonds is 8. The minimum Gasteiger partial charge on any atom is -0.482 e. The molecule has 0 amide bonds. The third kappa shape index (κ3) is 4.78. The van der Waals surface area contributed by atoms with Crippen molar-refractivity contribution in [3.8, 4) is 5.88 Å². The third-order valence-corrected chi connectivity index (χ3v) is 6.38. The van der Waals surface area contributed by atoms with Gasteiger partial charge in [0.1, 0.15) is 18.0 Å². The minimum absolute atomic E-state index is 0.683. The highest BCUT2D eigenvalue weighted by Crippen LogP contribution is 2.27. The molecule has 0 spiro atoms. The van der Waals surface area contributed by atoms with Gasteiger partial charge in [-0.1, -0.05) is 0 Å². The summed E-state index contributed by atoms with van der Waals surface area (Å²) in [6.07, 6.45) is 8.61. The van der Waals surface area contributed by atoms with Crippen molar-refractivity contribution in [2.45, 2.75) is 32.2 Å². The topological polar surface area (TPSA) is 91.6 Å². The second kappa shape index (κ2) is 9.70. The summed E-state index contributed by atoms with van der Waals surface area (Å²) >= 11 is 0. The van der Waals surface area contributed by atoms with Gasteiger partial charge >= 0.3 is 0 Å². The number of nitrogens with zero attached hydrogens (tertiary/aromatic N) is 5. The normalized spacial score (nSPS) is 17.7. The zero-order valence-corrected chi connectivity index (χ0v) is 18.7. The first-order valence-electron chi connectivity index (χ1n) is 11.6. The monoisotopic (exact) mass is 436 g/mol. The smallest absolute Gasteiger partial charge is 0.199 e. The zero-order chi connectivity index (χ0) is 21.8. The van der Waals surface area contributed by atoms with Gasteiger partial charge in [0.25, 0.3) is 0 Å². The molecule has 2 saturated heterocycles. The summed E-state index contributed by atoms with van der Waals surface area (Å²) in [6.45, 7) is 6.28. The van der Waals surface area contributed by atoms with Gasteiger partial charge in [-0.3, -0.25) is 9.30 Å². The Kier molecular flexibility index (Phi) is 6.36. The molecular formula is C23H32N8O. The molecule has 0 aromatic carbocycles.